The molecule has 94 valence electrons. The molecule has 0 aromatic heterocycles. The molecule has 5 heteroatoms. The highest BCUT2D eigenvalue weighted by Crippen LogP contribution is 2.02. The van der Waals surface area contributed by atoms with Crippen molar-refractivity contribution in [1.29, 1.82) is 5.26 Å². The molecule has 0 heterocycles. The van der Waals surface area contributed by atoms with Gasteiger partial charge < -0.3 is 15.2 Å². The molecule has 0 aliphatic rings. The molecule has 0 aromatic rings. The Morgan fingerprint density at radius 2 is 1.88 bits per heavy atom. The molecule has 0 amide bonds. The van der Waals surface area contributed by atoms with Gasteiger partial charge in [0.25, 0.3) is 0 Å². The molecule has 2 N–H and O–H groups in total. The van der Waals surface area contributed by atoms with Gasteiger partial charge in [-0.3, -0.25) is 4.90 Å². The number of ether oxygens (including phenoxy) is 2. The lowest BCUT2D eigenvalue weighted by molar-refractivity contribution is 0.125. The minimum atomic E-state index is -0.805. The van der Waals surface area contributed by atoms with Crippen molar-refractivity contribution in [1.82, 2.24) is 4.90 Å². The summed E-state index contributed by atoms with van der Waals surface area (Å²) in [7, 11) is 3.35. The molecule has 0 saturated heterocycles. The average Bonchev–Trinajstić information content (AvgIpc) is 2.25. The van der Waals surface area contributed by atoms with E-state index in [0.717, 1.165) is 26.1 Å². The maximum absolute atomic E-state index is 8.88. The normalized spacial score (nSPS) is 14.8. The van der Waals surface area contributed by atoms with E-state index in [-0.39, 0.29) is 0 Å². The fourth-order valence-corrected chi connectivity index (χ4v) is 1.42. The highest BCUT2D eigenvalue weighted by Gasteiger charge is 2.21. The van der Waals surface area contributed by atoms with Crippen molar-refractivity contribution in [3.8, 4) is 6.07 Å². The summed E-state index contributed by atoms with van der Waals surface area (Å²) in [6.07, 6.45) is 0.932. The van der Waals surface area contributed by atoms with E-state index in [9.17, 15) is 0 Å². The van der Waals surface area contributed by atoms with E-state index in [4.69, 9.17) is 20.5 Å². The second-order valence-electron chi connectivity index (χ2n) is 4.14. The average molecular weight is 229 g/mol. The van der Waals surface area contributed by atoms with Crippen molar-refractivity contribution in [2.45, 2.75) is 18.9 Å². The SMILES string of the molecule is COCCCN(CCOC)CC(C)(N)C#N. The van der Waals surface area contributed by atoms with Crippen molar-refractivity contribution in [3.05, 3.63) is 0 Å². The minimum Gasteiger partial charge on any atom is -0.385 e. The summed E-state index contributed by atoms with van der Waals surface area (Å²) in [6.45, 7) is 5.31. The highest BCUT2D eigenvalue weighted by atomic mass is 16.5. The molecule has 0 rings (SSSR count). The molecule has 1 atom stereocenters. The van der Waals surface area contributed by atoms with Gasteiger partial charge in [-0.05, 0) is 13.3 Å². The molecule has 5 nitrogen and oxygen atoms in total. The van der Waals surface area contributed by atoms with Crippen LogP contribution < -0.4 is 5.73 Å². The molecular formula is C11H23N3O2. The van der Waals surface area contributed by atoms with Crippen LogP contribution >= 0.6 is 0 Å². The predicted octanol–water partition coefficient (Wildman–Crippen LogP) is 0.212. The van der Waals surface area contributed by atoms with E-state index < -0.39 is 5.54 Å². The third-order valence-corrected chi connectivity index (χ3v) is 2.24. The second kappa shape index (κ2) is 8.48. The van der Waals surface area contributed by atoms with Gasteiger partial charge in [-0.25, -0.2) is 0 Å². The maximum Gasteiger partial charge on any atom is 0.114 e. The molecule has 0 aromatic carbocycles. The van der Waals surface area contributed by atoms with Crippen LogP contribution in [0.4, 0.5) is 0 Å². The van der Waals surface area contributed by atoms with Gasteiger partial charge in [0.2, 0.25) is 0 Å². The van der Waals surface area contributed by atoms with Crippen LogP contribution in [-0.2, 0) is 9.47 Å². The summed E-state index contributed by atoms with van der Waals surface area (Å²) >= 11 is 0. The number of hydrogen-bond acceptors (Lipinski definition) is 5. The Labute approximate surface area is 98.1 Å². The van der Waals surface area contributed by atoms with Crippen LogP contribution in [0.3, 0.4) is 0 Å². The smallest absolute Gasteiger partial charge is 0.114 e. The molecule has 0 spiro atoms. The maximum atomic E-state index is 8.88. The lowest BCUT2D eigenvalue weighted by Gasteiger charge is -2.27. The zero-order valence-electron chi connectivity index (χ0n) is 10.5. The number of nitrogens with zero attached hydrogens (tertiary/aromatic N) is 2. The molecule has 16 heavy (non-hydrogen) atoms. The fraction of sp³-hybridized carbons (Fsp3) is 0.909. The van der Waals surface area contributed by atoms with Gasteiger partial charge in [0.15, 0.2) is 0 Å². The predicted molar refractivity (Wildman–Crippen MR) is 63.0 cm³/mol. The second-order valence-corrected chi connectivity index (χ2v) is 4.14. The Kier molecular flexibility index (Phi) is 8.12. The fourth-order valence-electron chi connectivity index (χ4n) is 1.42. The van der Waals surface area contributed by atoms with Crippen molar-refractivity contribution in [2.24, 2.45) is 5.73 Å². The number of nitriles is 1. The summed E-state index contributed by atoms with van der Waals surface area (Å²) in [5.74, 6) is 0. The van der Waals surface area contributed by atoms with Crippen LogP contribution in [0.5, 0.6) is 0 Å². The van der Waals surface area contributed by atoms with E-state index in [2.05, 4.69) is 11.0 Å². The summed E-state index contributed by atoms with van der Waals surface area (Å²) in [5, 5.41) is 8.88. The van der Waals surface area contributed by atoms with E-state index in [1.807, 2.05) is 0 Å². The van der Waals surface area contributed by atoms with Crippen LogP contribution in [0.2, 0.25) is 0 Å². The summed E-state index contributed by atoms with van der Waals surface area (Å²) in [5.41, 5.74) is 5.01. The van der Waals surface area contributed by atoms with E-state index in [1.165, 1.54) is 0 Å². The summed E-state index contributed by atoms with van der Waals surface area (Å²) in [6, 6.07) is 2.10. The Bertz CT molecular complexity index is 214. The molecule has 1 unspecified atom stereocenters. The third-order valence-electron chi connectivity index (χ3n) is 2.24. The molecule has 0 fully saturated rings. The molecule has 0 aliphatic carbocycles. The molecule has 0 bridgehead atoms. The Hall–Kier alpha value is -0.670. The quantitative estimate of drug-likeness (QED) is 0.572. The highest BCUT2D eigenvalue weighted by molar-refractivity contribution is 5.02. The Morgan fingerprint density at radius 3 is 2.38 bits per heavy atom. The summed E-state index contributed by atoms with van der Waals surface area (Å²) < 4.78 is 10.0. The minimum absolute atomic E-state index is 0.552. The molecule has 0 saturated carbocycles. The first-order chi connectivity index (χ1) is 7.55. The third kappa shape index (κ3) is 7.60. The number of methoxy groups -OCH3 is 2. The van der Waals surface area contributed by atoms with Gasteiger partial charge in [-0.15, -0.1) is 0 Å². The van der Waals surface area contributed by atoms with Crippen LogP contribution in [0.25, 0.3) is 0 Å². The van der Waals surface area contributed by atoms with Crippen LogP contribution in [0.1, 0.15) is 13.3 Å². The van der Waals surface area contributed by atoms with E-state index >= 15 is 0 Å². The first-order valence-corrected chi connectivity index (χ1v) is 5.46. The number of nitrogens with two attached hydrogens (primary N) is 1. The largest absolute Gasteiger partial charge is 0.385 e. The summed E-state index contributed by atoms with van der Waals surface area (Å²) in [4.78, 5) is 2.13. The molecule has 0 radical (unpaired) electrons. The van der Waals surface area contributed by atoms with Gasteiger partial charge in [0.05, 0.1) is 12.7 Å². The van der Waals surface area contributed by atoms with E-state index in [0.29, 0.717) is 13.2 Å². The van der Waals surface area contributed by atoms with Crippen molar-refractivity contribution in [3.63, 3.8) is 0 Å². The van der Waals surface area contributed by atoms with Gasteiger partial charge in [-0.1, -0.05) is 0 Å². The van der Waals surface area contributed by atoms with E-state index in [1.54, 1.807) is 21.1 Å². The van der Waals surface area contributed by atoms with Gasteiger partial charge in [-0.2, -0.15) is 5.26 Å². The van der Waals surface area contributed by atoms with Gasteiger partial charge in [0, 0.05) is 40.5 Å². The Balaban J connectivity index is 4.04. The number of rotatable bonds is 9. The molecular weight excluding hydrogens is 206 g/mol. The zero-order valence-corrected chi connectivity index (χ0v) is 10.5. The first kappa shape index (κ1) is 15.3. The van der Waals surface area contributed by atoms with Gasteiger partial charge in [0.1, 0.15) is 5.54 Å². The van der Waals surface area contributed by atoms with Crippen molar-refractivity contribution < 1.29 is 9.47 Å². The number of hydrogen-bond donors (Lipinski definition) is 1. The zero-order chi connectivity index (χ0) is 12.4. The molecule has 0 aliphatic heterocycles. The monoisotopic (exact) mass is 229 g/mol. The van der Waals surface area contributed by atoms with Crippen LogP contribution in [0, 0.1) is 11.3 Å². The first-order valence-electron chi connectivity index (χ1n) is 5.46. The van der Waals surface area contributed by atoms with Crippen molar-refractivity contribution >= 4 is 0 Å². The van der Waals surface area contributed by atoms with Crippen molar-refractivity contribution in [2.75, 3.05) is 47.1 Å². The lowest BCUT2D eigenvalue weighted by Crippen LogP contribution is -2.48. The standard InChI is InChI=1S/C11H23N3O2/c1-11(13,9-12)10-14(6-8-16-3)5-4-7-15-2/h4-8,10,13H2,1-3H3. The Morgan fingerprint density at radius 1 is 1.25 bits per heavy atom. The lowest BCUT2D eigenvalue weighted by atomic mass is 10.1. The van der Waals surface area contributed by atoms with Crippen LogP contribution in [0.15, 0.2) is 0 Å². The topological polar surface area (TPSA) is 71.5 Å². The van der Waals surface area contributed by atoms with Crippen LogP contribution in [-0.4, -0.2) is 57.5 Å². The van der Waals surface area contributed by atoms with Gasteiger partial charge >= 0.3 is 0 Å².